The van der Waals surface area contributed by atoms with E-state index in [0.29, 0.717) is 0 Å². The quantitative estimate of drug-likeness (QED) is 0.595. The van der Waals surface area contributed by atoms with Crippen molar-refractivity contribution in [2.24, 2.45) is 0 Å². The van der Waals surface area contributed by atoms with Crippen LogP contribution in [0.15, 0.2) is 11.6 Å². The topological polar surface area (TPSA) is 12.9 Å². The lowest BCUT2D eigenvalue weighted by Gasteiger charge is -1.65. The maximum atomic E-state index is 3.94. The first-order chi connectivity index (χ1) is 2.89. The van der Waals surface area contributed by atoms with Crippen molar-refractivity contribution >= 4 is 28.3 Å². The molecule has 0 saturated carbocycles. The van der Waals surface area contributed by atoms with E-state index < -0.39 is 0 Å². The summed E-state index contributed by atoms with van der Waals surface area (Å²) in [6.45, 7) is 1.99. The highest BCUT2D eigenvalue weighted by Gasteiger charge is 1.76. The average molecular weight is 180 g/mol. The van der Waals surface area contributed by atoms with Gasteiger partial charge in [0.05, 0.1) is 5.01 Å². The van der Waals surface area contributed by atoms with E-state index in [1.54, 1.807) is 17.5 Å². The van der Waals surface area contributed by atoms with Crippen molar-refractivity contribution in [3.05, 3.63) is 16.6 Å². The normalized spacial score (nSPS) is 7.57. The third kappa shape index (κ3) is 2.04. The summed E-state index contributed by atoms with van der Waals surface area (Å²) in [5.74, 6) is 0. The highest BCUT2D eigenvalue weighted by Crippen LogP contribution is 1.98. The summed E-state index contributed by atoms with van der Waals surface area (Å²) in [5.41, 5.74) is 0. The van der Waals surface area contributed by atoms with Crippen LogP contribution in [-0.2, 0) is 0 Å². The molecule has 3 heteroatoms. The molecule has 1 aromatic rings. The van der Waals surface area contributed by atoms with Gasteiger partial charge >= 0.3 is 0 Å². The first kappa shape index (κ1) is 7.11. The van der Waals surface area contributed by atoms with Crippen molar-refractivity contribution in [3.63, 3.8) is 0 Å². The monoisotopic (exact) mass is 179 g/mol. The summed E-state index contributed by atoms with van der Waals surface area (Å²) in [6, 6.07) is 0. The Morgan fingerprint density at radius 1 is 1.71 bits per heavy atom. The molecule has 1 nitrogen and oxygen atoms in total. The summed E-state index contributed by atoms with van der Waals surface area (Å²) in [5, 5.41) is 3.10. The number of aromatic nitrogens is 1. The van der Waals surface area contributed by atoms with Gasteiger partial charge in [-0.25, -0.2) is 0 Å². The SMILES string of the molecule is Br.Cc1nccs1. The molecule has 0 fully saturated rings. The third-order valence-electron chi connectivity index (χ3n) is 0.556. The molecular formula is C4H6BrNS. The maximum absolute atomic E-state index is 3.94. The Kier molecular flexibility index (Phi) is 3.21. The maximum Gasteiger partial charge on any atom is 0.0893 e. The van der Waals surface area contributed by atoms with E-state index in [2.05, 4.69) is 4.98 Å². The van der Waals surface area contributed by atoms with Crippen molar-refractivity contribution in [2.75, 3.05) is 0 Å². The number of nitrogens with zero attached hydrogens (tertiary/aromatic N) is 1. The molecule has 0 aliphatic heterocycles. The van der Waals surface area contributed by atoms with Gasteiger partial charge in [0, 0.05) is 11.6 Å². The molecule has 40 valence electrons. The molecule has 0 radical (unpaired) electrons. The summed E-state index contributed by atoms with van der Waals surface area (Å²) < 4.78 is 0. The number of hydrogen-bond donors (Lipinski definition) is 0. The molecule has 0 bridgehead atoms. The molecule has 1 rings (SSSR count). The Morgan fingerprint density at radius 2 is 2.43 bits per heavy atom. The van der Waals surface area contributed by atoms with Gasteiger partial charge in [0.25, 0.3) is 0 Å². The summed E-state index contributed by atoms with van der Waals surface area (Å²) in [4.78, 5) is 3.94. The Labute approximate surface area is 57.2 Å². The van der Waals surface area contributed by atoms with Gasteiger partial charge in [0.2, 0.25) is 0 Å². The van der Waals surface area contributed by atoms with Crippen molar-refractivity contribution in [1.29, 1.82) is 0 Å². The molecule has 0 aliphatic rings. The predicted molar refractivity (Wildman–Crippen MR) is 37.2 cm³/mol. The minimum absolute atomic E-state index is 0. The summed E-state index contributed by atoms with van der Waals surface area (Å²) >= 11 is 1.67. The second-order valence-corrected chi connectivity index (χ2v) is 2.15. The predicted octanol–water partition coefficient (Wildman–Crippen LogP) is 2.03. The molecule has 1 aromatic heterocycles. The first-order valence-corrected chi connectivity index (χ1v) is 2.63. The number of hydrogen-bond acceptors (Lipinski definition) is 2. The molecule has 7 heavy (non-hydrogen) atoms. The smallest absolute Gasteiger partial charge is 0.0893 e. The van der Waals surface area contributed by atoms with Gasteiger partial charge < -0.3 is 0 Å². The van der Waals surface area contributed by atoms with Gasteiger partial charge in [-0.1, -0.05) is 0 Å². The van der Waals surface area contributed by atoms with Gasteiger partial charge in [-0.05, 0) is 6.92 Å². The van der Waals surface area contributed by atoms with E-state index in [-0.39, 0.29) is 17.0 Å². The molecule has 0 saturated heterocycles. The molecule has 0 aromatic carbocycles. The van der Waals surface area contributed by atoms with Gasteiger partial charge in [-0.2, -0.15) is 0 Å². The largest absolute Gasteiger partial charge is 0.250 e. The van der Waals surface area contributed by atoms with Crippen molar-refractivity contribution < 1.29 is 0 Å². The van der Waals surface area contributed by atoms with Gasteiger partial charge in [0.1, 0.15) is 0 Å². The number of thiazole rings is 1. The Bertz CT molecular complexity index is 115. The average Bonchev–Trinajstić information content (AvgIpc) is 1.86. The fourth-order valence-electron chi connectivity index (χ4n) is 0.295. The molecule has 1 heterocycles. The Hall–Kier alpha value is 0.110. The second kappa shape index (κ2) is 3.16. The van der Waals surface area contributed by atoms with E-state index >= 15 is 0 Å². The molecular weight excluding hydrogens is 174 g/mol. The van der Waals surface area contributed by atoms with Crippen LogP contribution in [0.5, 0.6) is 0 Å². The van der Waals surface area contributed by atoms with Crippen LogP contribution in [0.2, 0.25) is 0 Å². The zero-order valence-corrected chi connectivity index (χ0v) is 6.45. The van der Waals surface area contributed by atoms with E-state index in [4.69, 9.17) is 0 Å². The Balaban J connectivity index is 0.000000360. The number of aryl methyl sites for hydroxylation is 1. The van der Waals surface area contributed by atoms with Crippen LogP contribution in [0.1, 0.15) is 5.01 Å². The van der Waals surface area contributed by atoms with E-state index in [9.17, 15) is 0 Å². The van der Waals surface area contributed by atoms with Crippen LogP contribution >= 0.6 is 28.3 Å². The molecule has 0 aliphatic carbocycles. The molecule has 0 spiro atoms. The standard InChI is InChI=1S/C4H5NS.BrH/c1-4-5-2-3-6-4;/h2-3H,1H3;1H. The second-order valence-electron chi connectivity index (χ2n) is 1.05. The molecule has 0 amide bonds. The van der Waals surface area contributed by atoms with Crippen LogP contribution in [0, 0.1) is 6.92 Å². The summed E-state index contributed by atoms with van der Waals surface area (Å²) in [6.07, 6.45) is 1.81. The van der Waals surface area contributed by atoms with Crippen LogP contribution < -0.4 is 0 Å². The number of rotatable bonds is 0. The van der Waals surface area contributed by atoms with Crippen molar-refractivity contribution in [2.45, 2.75) is 6.92 Å². The van der Waals surface area contributed by atoms with Crippen LogP contribution in [0.3, 0.4) is 0 Å². The lowest BCUT2D eigenvalue weighted by atomic mass is 10.8. The minimum atomic E-state index is 0. The molecule has 0 N–H and O–H groups in total. The zero-order valence-electron chi connectivity index (χ0n) is 3.92. The third-order valence-corrected chi connectivity index (χ3v) is 1.26. The highest BCUT2D eigenvalue weighted by molar-refractivity contribution is 8.93. The van der Waals surface area contributed by atoms with E-state index in [1.807, 2.05) is 12.3 Å². The van der Waals surface area contributed by atoms with Crippen molar-refractivity contribution in [3.8, 4) is 0 Å². The molecule has 0 atom stereocenters. The van der Waals surface area contributed by atoms with Gasteiger partial charge in [-0.15, -0.1) is 28.3 Å². The van der Waals surface area contributed by atoms with E-state index in [1.165, 1.54) is 0 Å². The molecule has 0 unspecified atom stereocenters. The number of halogens is 1. The van der Waals surface area contributed by atoms with Gasteiger partial charge in [-0.3, -0.25) is 4.98 Å². The Morgan fingerprint density at radius 3 is 2.57 bits per heavy atom. The van der Waals surface area contributed by atoms with Gasteiger partial charge in [0.15, 0.2) is 0 Å². The van der Waals surface area contributed by atoms with Crippen LogP contribution in [-0.4, -0.2) is 4.98 Å². The van der Waals surface area contributed by atoms with Crippen LogP contribution in [0.25, 0.3) is 0 Å². The van der Waals surface area contributed by atoms with E-state index in [0.717, 1.165) is 5.01 Å². The fourth-order valence-corrected chi connectivity index (χ4v) is 0.735. The highest BCUT2D eigenvalue weighted by atomic mass is 79.9. The lowest BCUT2D eigenvalue weighted by Crippen LogP contribution is -1.56. The fraction of sp³-hybridized carbons (Fsp3) is 0.250. The minimum Gasteiger partial charge on any atom is -0.250 e. The first-order valence-electron chi connectivity index (χ1n) is 1.75. The zero-order chi connectivity index (χ0) is 4.41. The summed E-state index contributed by atoms with van der Waals surface area (Å²) in [7, 11) is 0. The van der Waals surface area contributed by atoms with Crippen LogP contribution in [0.4, 0.5) is 0 Å². The lowest BCUT2D eigenvalue weighted by molar-refractivity contribution is 1.30. The van der Waals surface area contributed by atoms with Crippen molar-refractivity contribution in [1.82, 2.24) is 4.98 Å².